The summed E-state index contributed by atoms with van der Waals surface area (Å²) < 4.78 is 2.91. The monoisotopic (exact) mass is 438 g/mol. The van der Waals surface area contributed by atoms with Gasteiger partial charge in [0.1, 0.15) is 0 Å². The van der Waals surface area contributed by atoms with Gasteiger partial charge in [0.2, 0.25) is 0 Å². The highest BCUT2D eigenvalue weighted by molar-refractivity contribution is 9.10. The van der Waals surface area contributed by atoms with Crippen LogP contribution in [-0.4, -0.2) is 57.4 Å². The van der Waals surface area contributed by atoms with E-state index in [1.54, 1.807) is 23.1 Å². The predicted octanol–water partition coefficient (Wildman–Crippen LogP) is 3.57. The first-order chi connectivity index (χ1) is 13.7. The zero-order chi connectivity index (χ0) is 19.3. The highest BCUT2D eigenvalue weighted by Crippen LogP contribution is 2.21. The van der Waals surface area contributed by atoms with Crippen LogP contribution in [0.15, 0.2) is 59.5 Å². The van der Waals surface area contributed by atoms with Crippen LogP contribution in [0.5, 0.6) is 0 Å². The maximum atomic E-state index is 4.42. The van der Waals surface area contributed by atoms with Crippen LogP contribution in [0.3, 0.4) is 0 Å². The van der Waals surface area contributed by atoms with E-state index in [4.69, 9.17) is 0 Å². The van der Waals surface area contributed by atoms with Crippen LogP contribution in [-0.2, 0) is 0 Å². The third-order valence-corrected chi connectivity index (χ3v) is 5.49. The largest absolute Gasteiger partial charge is 0.369 e. The lowest BCUT2D eigenvalue weighted by Gasteiger charge is -2.35. The highest BCUT2D eigenvalue weighted by atomic mass is 79.9. The molecule has 3 aromatic rings. The van der Waals surface area contributed by atoms with Crippen molar-refractivity contribution in [2.75, 3.05) is 37.6 Å². The van der Waals surface area contributed by atoms with Crippen molar-refractivity contribution in [3.63, 3.8) is 0 Å². The lowest BCUT2D eigenvalue weighted by atomic mass is 10.2. The van der Waals surface area contributed by atoms with Gasteiger partial charge in [-0.1, -0.05) is 34.1 Å². The van der Waals surface area contributed by atoms with Crippen LogP contribution in [0, 0.1) is 6.92 Å². The molecule has 1 aliphatic heterocycles. The Morgan fingerprint density at radius 2 is 1.86 bits per heavy atom. The molecular weight excluding hydrogens is 416 g/mol. The number of halogens is 1. The second-order valence-electron chi connectivity index (χ2n) is 6.82. The van der Waals surface area contributed by atoms with Gasteiger partial charge in [0.25, 0.3) is 5.95 Å². The van der Waals surface area contributed by atoms with E-state index in [2.05, 4.69) is 77.2 Å². The average molecular weight is 439 g/mol. The fraction of sp³-hybridized carbons (Fsp3) is 0.286. The van der Waals surface area contributed by atoms with Crippen molar-refractivity contribution in [2.45, 2.75) is 6.92 Å². The quantitative estimate of drug-likeness (QED) is 0.609. The minimum atomic E-state index is 0.600. The SMILES string of the molecule is Cc1c(C=CCN2CCN(c3cccc(Br)c3)CC2)cnn1-c1ncccn1. The van der Waals surface area contributed by atoms with Crippen LogP contribution in [0.25, 0.3) is 12.0 Å². The van der Waals surface area contributed by atoms with Gasteiger partial charge >= 0.3 is 0 Å². The number of anilines is 1. The third kappa shape index (κ3) is 4.31. The second kappa shape index (κ2) is 8.67. The first kappa shape index (κ1) is 18.8. The Hall–Kier alpha value is -2.51. The Kier molecular flexibility index (Phi) is 5.83. The molecule has 0 amide bonds. The lowest BCUT2D eigenvalue weighted by Crippen LogP contribution is -2.46. The van der Waals surface area contributed by atoms with Gasteiger partial charge in [0, 0.05) is 60.8 Å². The smallest absolute Gasteiger partial charge is 0.250 e. The molecule has 0 N–H and O–H groups in total. The van der Waals surface area contributed by atoms with Crippen LogP contribution >= 0.6 is 15.9 Å². The second-order valence-corrected chi connectivity index (χ2v) is 7.73. The summed E-state index contributed by atoms with van der Waals surface area (Å²) in [7, 11) is 0. The summed E-state index contributed by atoms with van der Waals surface area (Å²) in [5.41, 5.74) is 3.43. The zero-order valence-electron chi connectivity index (χ0n) is 15.9. The Balaban J connectivity index is 1.32. The van der Waals surface area contributed by atoms with Crippen molar-refractivity contribution in [3.05, 3.63) is 70.7 Å². The summed E-state index contributed by atoms with van der Waals surface area (Å²) in [6.45, 7) is 7.21. The first-order valence-electron chi connectivity index (χ1n) is 9.42. The van der Waals surface area contributed by atoms with Crippen LogP contribution < -0.4 is 4.90 Å². The molecule has 0 aliphatic carbocycles. The molecule has 0 radical (unpaired) electrons. The number of nitrogens with zero attached hydrogens (tertiary/aromatic N) is 6. The summed E-state index contributed by atoms with van der Waals surface area (Å²) in [6.07, 6.45) is 9.68. The van der Waals surface area contributed by atoms with Crippen molar-refractivity contribution < 1.29 is 0 Å². The fourth-order valence-corrected chi connectivity index (χ4v) is 3.77. The van der Waals surface area contributed by atoms with E-state index in [1.165, 1.54) is 5.69 Å². The van der Waals surface area contributed by atoms with E-state index in [-0.39, 0.29) is 0 Å². The lowest BCUT2D eigenvalue weighted by molar-refractivity contribution is 0.284. The molecule has 0 spiro atoms. The molecule has 1 aromatic carbocycles. The van der Waals surface area contributed by atoms with Crippen LogP contribution in [0.2, 0.25) is 0 Å². The van der Waals surface area contributed by atoms with E-state index in [1.807, 2.05) is 13.1 Å². The first-order valence-corrected chi connectivity index (χ1v) is 10.2. The molecular formula is C21H23BrN6. The van der Waals surface area contributed by atoms with Gasteiger partial charge in [0.15, 0.2) is 0 Å². The molecule has 0 unspecified atom stereocenters. The molecule has 144 valence electrons. The van der Waals surface area contributed by atoms with Crippen molar-refractivity contribution >= 4 is 27.7 Å². The summed E-state index contributed by atoms with van der Waals surface area (Å²) in [4.78, 5) is 13.4. The average Bonchev–Trinajstić information content (AvgIpc) is 3.10. The van der Waals surface area contributed by atoms with Gasteiger partial charge in [-0.2, -0.15) is 5.10 Å². The van der Waals surface area contributed by atoms with Crippen LogP contribution in [0.1, 0.15) is 11.3 Å². The molecule has 1 fully saturated rings. The standard InChI is InChI=1S/C21H23BrN6/c1-17-18(16-25-28(17)21-23-8-4-9-24-21)5-3-10-26-11-13-27(14-12-26)20-7-2-6-19(22)15-20/h2-9,15-16H,10-14H2,1H3. The van der Waals surface area contributed by atoms with Crippen LogP contribution in [0.4, 0.5) is 5.69 Å². The molecule has 1 aliphatic rings. The Morgan fingerprint density at radius 1 is 1.07 bits per heavy atom. The van der Waals surface area contributed by atoms with Gasteiger partial charge in [0.05, 0.1) is 11.9 Å². The minimum absolute atomic E-state index is 0.600. The van der Waals surface area contributed by atoms with Gasteiger partial charge in [-0.3, -0.25) is 4.90 Å². The topological polar surface area (TPSA) is 50.1 Å². The summed E-state index contributed by atoms with van der Waals surface area (Å²) in [5.74, 6) is 0.600. The zero-order valence-corrected chi connectivity index (χ0v) is 17.5. The van der Waals surface area contributed by atoms with Crippen molar-refractivity contribution in [1.29, 1.82) is 0 Å². The minimum Gasteiger partial charge on any atom is -0.369 e. The van der Waals surface area contributed by atoms with E-state index in [0.717, 1.165) is 48.5 Å². The van der Waals surface area contributed by atoms with Crippen molar-refractivity contribution in [1.82, 2.24) is 24.6 Å². The maximum absolute atomic E-state index is 4.42. The number of rotatable bonds is 5. The van der Waals surface area contributed by atoms with Gasteiger partial charge < -0.3 is 4.90 Å². The fourth-order valence-electron chi connectivity index (χ4n) is 3.38. The molecule has 1 saturated heterocycles. The molecule has 3 heterocycles. The van der Waals surface area contributed by atoms with E-state index < -0.39 is 0 Å². The Morgan fingerprint density at radius 3 is 2.61 bits per heavy atom. The number of benzene rings is 1. The number of piperazine rings is 1. The van der Waals surface area contributed by atoms with Crippen molar-refractivity contribution in [2.24, 2.45) is 0 Å². The normalized spacial score (nSPS) is 15.4. The molecule has 7 heteroatoms. The molecule has 28 heavy (non-hydrogen) atoms. The molecule has 4 rings (SSSR count). The molecule has 2 aromatic heterocycles. The van der Waals surface area contributed by atoms with Gasteiger partial charge in [-0.15, -0.1) is 0 Å². The Labute approximate surface area is 173 Å². The van der Waals surface area contributed by atoms with E-state index in [9.17, 15) is 0 Å². The summed E-state index contributed by atoms with van der Waals surface area (Å²) in [6, 6.07) is 10.3. The van der Waals surface area contributed by atoms with Crippen molar-refractivity contribution in [3.8, 4) is 5.95 Å². The molecule has 0 atom stereocenters. The number of aromatic nitrogens is 4. The highest BCUT2D eigenvalue weighted by Gasteiger charge is 2.16. The molecule has 0 bridgehead atoms. The van der Waals surface area contributed by atoms with E-state index >= 15 is 0 Å². The summed E-state index contributed by atoms with van der Waals surface area (Å²) in [5, 5.41) is 4.42. The summed E-state index contributed by atoms with van der Waals surface area (Å²) >= 11 is 3.56. The van der Waals surface area contributed by atoms with Gasteiger partial charge in [-0.05, 0) is 31.2 Å². The predicted molar refractivity (Wildman–Crippen MR) is 116 cm³/mol. The molecule has 6 nitrogen and oxygen atoms in total. The number of hydrogen-bond acceptors (Lipinski definition) is 5. The molecule has 0 saturated carbocycles. The Bertz CT molecular complexity index is 945. The van der Waals surface area contributed by atoms with Gasteiger partial charge in [-0.25, -0.2) is 14.6 Å². The number of hydrogen-bond donors (Lipinski definition) is 0. The maximum Gasteiger partial charge on any atom is 0.250 e. The van der Waals surface area contributed by atoms with E-state index in [0.29, 0.717) is 5.95 Å². The third-order valence-electron chi connectivity index (χ3n) is 5.00.